The molecule has 18 aromatic rings. The predicted molar refractivity (Wildman–Crippen MR) is 553 cm³/mol. The van der Waals surface area contributed by atoms with Crippen LogP contribution < -0.4 is 41.4 Å². The number of nitrogens with zero attached hydrogens (tertiary/aromatic N) is 8. The third-order valence-electron chi connectivity index (χ3n) is 22.7. The minimum atomic E-state index is -4.39. The molecule has 13 aromatic carbocycles. The molecule has 716 valence electrons. The summed E-state index contributed by atoms with van der Waals surface area (Å²) < 4.78 is 99.8. The molecule has 0 saturated carbocycles. The van der Waals surface area contributed by atoms with Crippen LogP contribution >= 0.6 is 0 Å². The Bertz CT molecular complexity index is 6870. The first-order valence-corrected chi connectivity index (χ1v) is 46.0. The van der Waals surface area contributed by atoms with E-state index in [1.807, 2.05) is 109 Å². The second kappa shape index (κ2) is 50.0. The van der Waals surface area contributed by atoms with Crippen LogP contribution in [0.2, 0.25) is 0 Å². The average molecular weight is 1910 g/mol. The molecule has 1 amide bonds. The Kier molecular flexibility index (Phi) is 34.8. The van der Waals surface area contributed by atoms with Crippen molar-refractivity contribution in [3.8, 4) is 45.4 Å². The number of Topliss-reactive ketones (excluding diaryl/α,β-unsaturated/α-hetero) is 1. The SMILES string of the molecule is COc1cccc(CC(=O)c2ccc(C(=O)Nc3cccc(OC)c3)cc2)c1.FC(F)(F)c1cccc(CCc2ccc(CNc3cccc(C(F)(F)F)c3)cc2)c1.Fc1ccc(NCc2ccc(CNc3ncccn3)cc2)nc1.c1ccc(C2=C(c3ccccc3)N=C(c3ccc(-c4nc(-c5ccccc5)c(-c5ccccc5)[nH]4)cc3)C2)cc1.c1ccc(NCc2ccc(CNc3ncccn3)cc2)nc1. The lowest BCUT2D eigenvalue weighted by Gasteiger charge is -2.11. The number of ketones is 1. The number of hydrogen-bond acceptors (Lipinski definition) is 17. The minimum absolute atomic E-state index is 0.0204. The number of aromatic amines is 1. The van der Waals surface area contributed by atoms with Gasteiger partial charge in [0.25, 0.3) is 5.91 Å². The molecule has 7 N–H and O–H groups in total. The number of nitrogens with one attached hydrogen (secondary N) is 7. The number of aryl methyl sites for hydroxylation is 2. The second-order valence-corrected chi connectivity index (χ2v) is 32.8. The van der Waals surface area contributed by atoms with Crippen molar-refractivity contribution >= 4 is 63.6 Å². The van der Waals surface area contributed by atoms with Crippen molar-refractivity contribution in [1.29, 1.82) is 0 Å². The van der Waals surface area contributed by atoms with Gasteiger partial charge in [0.15, 0.2) is 5.78 Å². The van der Waals surface area contributed by atoms with E-state index in [1.165, 1.54) is 46.7 Å². The van der Waals surface area contributed by atoms with Crippen LogP contribution in [0.4, 0.5) is 65.6 Å². The number of amides is 1. The summed E-state index contributed by atoms with van der Waals surface area (Å²) >= 11 is 0. The van der Waals surface area contributed by atoms with Crippen molar-refractivity contribution in [2.24, 2.45) is 4.99 Å². The van der Waals surface area contributed by atoms with E-state index in [-0.39, 0.29) is 23.9 Å². The summed E-state index contributed by atoms with van der Waals surface area (Å²) in [5.41, 5.74) is 20.8. The first kappa shape index (κ1) is 99.7. The number of halogens is 7. The number of imidazole rings is 1. The molecule has 19 nitrogen and oxygen atoms in total. The van der Waals surface area contributed by atoms with Crippen LogP contribution in [0.5, 0.6) is 11.5 Å². The summed E-state index contributed by atoms with van der Waals surface area (Å²) in [6.07, 6.45) is 3.21. The van der Waals surface area contributed by atoms with Gasteiger partial charge in [-0.3, -0.25) is 14.6 Å². The minimum Gasteiger partial charge on any atom is -0.497 e. The van der Waals surface area contributed by atoms with E-state index in [9.17, 15) is 40.3 Å². The van der Waals surface area contributed by atoms with Crippen LogP contribution in [-0.2, 0) is 64.3 Å². The van der Waals surface area contributed by atoms with E-state index >= 15 is 0 Å². The van der Waals surface area contributed by atoms with Gasteiger partial charge in [0.1, 0.15) is 34.8 Å². The fraction of sp³-hybridized carbons (Fsp3) is 0.111. The summed E-state index contributed by atoms with van der Waals surface area (Å²) in [4.78, 5) is 63.4. The van der Waals surface area contributed by atoms with Gasteiger partial charge < -0.3 is 46.4 Å². The average Bonchev–Trinajstić information content (AvgIpc) is 1.64. The van der Waals surface area contributed by atoms with Crippen molar-refractivity contribution < 1.29 is 49.8 Å². The number of pyridine rings is 2. The molecule has 6 heterocycles. The molecule has 0 radical (unpaired) electrons. The molecule has 143 heavy (non-hydrogen) atoms. The van der Waals surface area contributed by atoms with E-state index < -0.39 is 23.5 Å². The molecule has 19 rings (SSSR count). The fourth-order valence-corrected chi connectivity index (χ4v) is 15.2. The molecule has 0 fully saturated rings. The molecule has 5 aromatic heterocycles. The number of aliphatic imine (C=N–C) groups is 1. The highest BCUT2D eigenvalue weighted by atomic mass is 19.4. The monoisotopic (exact) mass is 1910 g/mol. The Hall–Kier alpha value is -17.8. The highest BCUT2D eigenvalue weighted by Gasteiger charge is 2.32. The molecule has 0 atom stereocenters. The summed E-state index contributed by atoms with van der Waals surface area (Å²) in [5.74, 6) is 4.41. The first-order valence-electron chi connectivity index (χ1n) is 46.0. The van der Waals surface area contributed by atoms with Gasteiger partial charge in [0.05, 0.1) is 54.3 Å². The Morgan fingerprint density at radius 3 is 1.36 bits per heavy atom. The van der Waals surface area contributed by atoms with E-state index in [2.05, 4.69) is 218 Å². The van der Waals surface area contributed by atoms with Crippen LogP contribution in [0.15, 0.2) is 424 Å². The van der Waals surface area contributed by atoms with E-state index in [0.29, 0.717) is 90.5 Å². The number of carbonyl (C=O) groups excluding carboxylic acids is 2. The van der Waals surface area contributed by atoms with Crippen LogP contribution in [-0.4, -0.2) is 71.5 Å². The number of carbonyl (C=O) groups is 2. The van der Waals surface area contributed by atoms with Crippen LogP contribution in [0.25, 0.3) is 45.2 Å². The van der Waals surface area contributed by atoms with E-state index in [1.54, 1.807) is 124 Å². The zero-order valence-corrected chi connectivity index (χ0v) is 78.1. The number of ether oxygens (including phenoxy) is 2. The molecule has 1 aliphatic heterocycles. The standard InChI is InChI=1S/C37H27N3.C23H19F6N.C23H21NO4.C17H16FN5.C17H17N5/c1-5-13-26(14-6-1)32-25-33(38-34(32)28-15-7-2-8-16-28)27-21-23-31(24-22-27)37-39-35(29-17-9-3-10-18-29)36(40-37)30-19-11-4-12-20-30;24-22(25,26)19-4-1-3-17(13-19)10-7-16-8-11-18(12-9-16)15-30-21-6-2-5-20(14-21)23(27,28)29;1-27-20-7-3-5-16(13-20)14-22(25)17-9-11-18(12-10-17)23(26)24-19-6-4-8-21(15-19)28-2;18-15-6-7-16(22-12-15)21-10-13-2-4-14(5-3-13)11-23-17-19-8-1-9-20-17;1-2-9-18-16(4-1)21-12-14-5-7-15(8-6-14)13-22-17-19-10-3-11-20-17/h1-24H,25H2,(H,39,40);1-6,8-9,11-14,30H,7,10,15H2;3-13,15H,14H2,1-2H3,(H,24,26);1-9,12H,10-11H2,(H,21,22)(H,19,20,23);1-11H,12-13H2,(H,18,21)(H,19,20,22). The number of aromatic nitrogens is 8. The lowest BCUT2D eigenvalue weighted by molar-refractivity contribution is -0.138. The number of alkyl halides is 6. The molecular weight excluding hydrogens is 1810 g/mol. The van der Waals surface area contributed by atoms with Crippen molar-refractivity contribution in [3.05, 3.63) is 509 Å². The second-order valence-electron chi connectivity index (χ2n) is 32.8. The number of benzene rings is 13. The largest absolute Gasteiger partial charge is 0.497 e. The molecule has 0 spiro atoms. The van der Waals surface area contributed by atoms with Gasteiger partial charge in [0.2, 0.25) is 11.9 Å². The maximum Gasteiger partial charge on any atom is 0.416 e. The normalized spacial score (nSPS) is 11.4. The van der Waals surface area contributed by atoms with Crippen LogP contribution in [0, 0.1) is 5.82 Å². The van der Waals surface area contributed by atoms with Gasteiger partial charge in [-0.25, -0.2) is 39.3 Å². The van der Waals surface area contributed by atoms with Gasteiger partial charge in [-0.1, -0.05) is 279 Å². The number of allylic oxidation sites excluding steroid dienone is 1. The Balaban J connectivity index is 0.000000137. The summed E-state index contributed by atoms with van der Waals surface area (Å²) in [5, 5.41) is 18.6. The zero-order valence-electron chi connectivity index (χ0n) is 78.1. The number of hydrogen-bond donors (Lipinski definition) is 7. The summed E-state index contributed by atoms with van der Waals surface area (Å²) in [6.45, 7) is 3.12. The van der Waals surface area contributed by atoms with Crippen molar-refractivity contribution in [1.82, 2.24) is 39.9 Å². The molecule has 1 aliphatic rings. The highest BCUT2D eigenvalue weighted by molar-refractivity contribution is 6.17. The van der Waals surface area contributed by atoms with Gasteiger partial charge in [0, 0.05) is 127 Å². The van der Waals surface area contributed by atoms with Gasteiger partial charge >= 0.3 is 12.4 Å². The summed E-state index contributed by atoms with van der Waals surface area (Å²) in [6, 6.07) is 118. The summed E-state index contributed by atoms with van der Waals surface area (Å²) in [7, 11) is 3.17. The third kappa shape index (κ3) is 30.1. The molecule has 0 aliphatic carbocycles. The van der Waals surface area contributed by atoms with Crippen molar-refractivity contribution in [2.45, 2.75) is 70.8 Å². The molecule has 0 bridgehead atoms. The number of methoxy groups -OCH3 is 2. The van der Waals surface area contributed by atoms with Gasteiger partial charge in [-0.05, 0) is 171 Å². The number of H-pyrrole nitrogens is 1. The van der Waals surface area contributed by atoms with Crippen molar-refractivity contribution in [2.75, 3.05) is 46.1 Å². The Morgan fingerprint density at radius 1 is 0.357 bits per heavy atom. The van der Waals surface area contributed by atoms with Crippen LogP contribution in [0.1, 0.15) is 99.5 Å². The third-order valence-corrected chi connectivity index (χ3v) is 22.7. The zero-order chi connectivity index (χ0) is 99.4. The number of rotatable bonds is 31. The quantitative estimate of drug-likeness (QED) is 0.0158. The lowest BCUT2D eigenvalue weighted by Crippen LogP contribution is -2.12. The maximum absolute atomic E-state index is 12.8. The maximum atomic E-state index is 12.8. The van der Waals surface area contributed by atoms with Gasteiger partial charge in [-0.15, -0.1) is 0 Å². The van der Waals surface area contributed by atoms with Gasteiger partial charge in [-0.2, -0.15) is 26.3 Å². The molecule has 26 heteroatoms. The van der Waals surface area contributed by atoms with Crippen LogP contribution in [0.3, 0.4) is 0 Å². The Labute approximate surface area is 824 Å². The molecular formula is C117H100F7N15O4. The number of anilines is 6. The first-order chi connectivity index (χ1) is 69.7. The molecule has 0 unspecified atom stereocenters. The predicted octanol–water partition coefficient (Wildman–Crippen LogP) is 27.0. The molecule has 0 saturated heterocycles. The fourth-order valence-electron chi connectivity index (χ4n) is 15.2. The Morgan fingerprint density at radius 2 is 0.811 bits per heavy atom. The topological polar surface area (TPSA) is 243 Å². The smallest absolute Gasteiger partial charge is 0.416 e. The van der Waals surface area contributed by atoms with Crippen molar-refractivity contribution in [3.63, 3.8) is 0 Å². The highest BCUT2D eigenvalue weighted by Crippen LogP contribution is 2.40. The lowest BCUT2D eigenvalue weighted by atomic mass is 9.96. The van der Waals surface area contributed by atoms with E-state index in [0.717, 1.165) is 133 Å². The van der Waals surface area contributed by atoms with E-state index in [4.69, 9.17) is 19.5 Å².